The van der Waals surface area contributed by atoms with Gasteiger partial charge in [0.05, 0.1) is 0 Å². The first-order chi connectivity index (χ1) is 7.40. The van der Waals surface area contributed by atoms with E-state index in [1.807, 2.05) is 0 Å². The largest absolute Gasteiger partial charge is 0.0776 e. The van der Waals surface area contributed by atoms with Crippen LogP contribution in [0.1, 0.15) is 85.0 Å². The minimum atomic E-state index is 0. The van der Waals surface area contributed by atoms with Crippen molar-refractivity contribution in [2.45, 2.75) is 85.0 Å². The molecule has 0 unspecified atom stereocenters. The Hall–Kier alpha value is 0. The van der Waals surface area contributed by atoms with Crippen molar-refractivity contribution in [3.63, 3.8) is 0 Å². The summed E-state index contributed by atoms with van der Waals surface area (Å²) in [4.78, 5) is 0. The van der Waals surface area contributed by atoms with E-state index in [-0.39, 0.29) is 7.43 Å². The third kappa shape index (κ3) is 3.79. The molecular formula is C16H32. The van der Waals surface area contributed by atoms with Crippen molar-refractivity contribution in [3.05, 3.63) is 0 Å². The predicted octanol–water partition coefficient (Wildman–Crippen LogP) is 5.81. The van der Waals surface area contributed by atoms with Gasteiger partial charge < -0.3 is 0 Å². The zero-order chi connectivity index (χ0) is 10.5. The van der Waals surface area contributed by atoms with Gasteiger partial charge >= 0.3 is 0 Å². The molecule has 0 amide bonds. The molecule has 0 saturated heterocycles. The van der Waals surface area contributed by atoms with Crippen molar-refractivity contribution in [2.24, 2.45) is 17.8 Å². The Morgan fingerprint density at radius 2 is 1.31 bits per heavy atom. The van der Waals surface area contributed by atoms with Crippen molar-refractivity contribution in [1.29, 1.82) is 0 Å². The summed E-state index contributed by atoms with van der Waals surface area (Å²) < 4.78 is 0. The Morgan fingerprint density at radius 1 is 0.750 bits per heavy atom. The smallest absolute Gasteiger partial charge is 0.0386 e. The van der Waals surface area contributed by atoms with Gasteiger partial charge in [0.25, 0.3) is 0 Å². The molecule has 0 N–H and O–H groups in total. The zero-order valence-corrected chi connectivity index (χ0v) is 10.5. The fraction of sp³-hybridized carbons (Fsp3) is 1.00. The van der Waals surface area contributed by atoms with Gasteiger partial charge in [0.15, 0.2) is 0 Å². The number of rotatable bonds is 3. The highest BCUT2D eigenvalue weighted by Crippen LogP contribution is 2.40. The van der Waals surface area contributed by atoms with Gasteiger partial charge in [-0.1, -0.05) is 72.1 Å². The van der Waals surface area contributed by atoms with E-state index in [0.717, 1.165) is 17.8 Å². The summed E-state index contributed by atoms with van der Waals surface area (Å²) in [5, 5.41) is 0. The maximum atomic E-state index is 2.34. The second-order valence-electron chi connectivity index (χ2n) is 5.97. The van der Waals surface area contributed by atoms with Crippen LogP contribution >= 0.6 is 0 Å². The quantitative estimate of drug-likeness (QED) is 0.567. The van der Waals surface area contributed by atoms with Crippen LogP contribution in [0.25, 0.3) is 0 Å². The van der Waals surface area contributed by atoms with E-state index in [2.05, 4.69) is 6.92 Å². The minimum Gasteiger partial charge on any atom is -0.0776 e. The van der Waals surface area contributed by atoms with Gasteiger partial charge in [-0.15, -0.1) is 0 Å². The fourth-order valence-corrected chi connectivity index (χ4v) is 3.96. The molecule has 2 fully saturated rings. The molecule has 0 aromatic heterocycles. The van der Waals surface area contributed by atoms with Crippen LogP contribution < -0.4 is 0 Å². The lowest BCUT2D eigenvalue weighted by molar-refractivity contribution is 0.163. The molecular weight excluding hydrogens is 192 g/mol. The lowest BCUT2D eigenvalue weighted by Gasteiger charge is -2.35. The van der Waals surface area contributed by atoms with Crippen LogP contribution in [0.4, 0.5) is 0 Å². The van der Waals surface area contributed by atoms with Gasteiger partial charge in [-0.3, -0.25) is 0 Å². The van der Waals surface area contributed by atoms with Crippen molar-refractivity contribution in [1.82, 2.24) is 0 Å². The minimum absolute atomic E-state index is 0. The fourth-order valence-electron chi connectivity index (χ4n) is 3.96. The second-order valence-corrected chi connectivity index (χ2v) is 5.97. The van der Waals surface area contributed by atoms with E-state index < -0.39 is 0 Å². The highest BCUT2D eigenvalue weighted by molar-refractivity contribution is 4.79. The molecule has 0 aliphatic heterocycles. The normalized spacial score (nSPS) is 32.1. The third-order valence-corrected chi connectivity index (χ3v) is 4.90. The molecule has 0 aromatic carbocycles. The summed E-state index contributed by atoms with van der Waals surface area (Å²) in [7, 11) is 0. The van der Waals surface area contributed by atoms with Crippen molar-refractivity contribution < 1.29 is 0 Å². The second kappa shape index (κ2) is 7.35. The van der Waals surface area contributed by atoms with Crippen LogP contribution in [0, 0.1) is 17.8 Å². The van der Waals surface area contributed by atoms with Gasteiger partial charge in [-0.25, -0.2) is 0 Å². The summed E-state index contributed by atoms with van der Waals surface area (Å²) in [6.07, 6.45) is 16.8. The molecule has 0 nitrogen and oxygen atoms in total. The van der Waals surface area contributed by atoms with Crippen LogP contribution in [-0.4, -0.2) is 0 Å². The Balaban J connectivity index is 0.00000128. The van der Waals surface area contributed by atoms with Gasteiger partial charge in [0.2, 0.25) is 0 Å². The summed E-state index contributed by atoms with van der Waals surface area (Å²) in [6, 6.07) is 0. The molecule has 0 atom stereocenters. The van der Waals surface area contributed by atoms with Crippen LogP contribution in [0.2, 0.25) is 0 Å². The monoisotopic (exact) mass is 224 g/mol. The van der Waals surface area contributed by atoms with Crippen LogP contribution in [0.3, 0.4) is 0 Å². The molecule has 2 rings (SSSR count). The predicted molar refractivity (Wildman–Crippen MR) is 73.7 cm³/mol. The lowest BCUT2D eigenvalue weighted by Crippen LogP contribution is -2.23. The molecule has 16 heavy (non-hydrogen) atoms. The molecule has 0 radical (unpaired) electrons. The summed E-state index contributed by atoms with van der Waals surface area (Å²) in [5.41, 5.74) is 0. The molecule has 2 saturated carbocycles. The number of hydrogen-bond donors (Lipinski definition) is 0. The molecule has 2 aliphatic rings. The Bertz CT molecular complexity index is 159. The SMILES string of the molecule is C.CCCC1CCC(C2CCCCC2)CC1. The van der Waals surface area contributed by atoms with Gasteiger partial charge in [0.1, 0.15) is 0 Å². The van der Waals surface area contributed by atoms with E-state index in [1.165, 1.54) is 32.1 Å². The zero-order valence-electron chi connectivity index (χ0n) is 10.5. The summed E-state index contributed by atoms with van der Waals surface area (Å²) >= 11 is 0. The molecule has 0 heteroatoms. The first-order valence-electron chi connectivity index (χ1n) is 7.40. The third-order valence-electron chi connectivity index (χ3n) is 4.90. The molecule has 0 spiro atoms. The van der Waals surface area contributed by atoms with Crippen molar-refractivity contribution >= 4 is 0 Å². The van der Waals surface area contributed by atoms with E-state index in [1.54, 1.807) is 38.5 Å². The molecule has 2 aliphatic carbocycles. The van der Waals surface area contributed by atoms with Gasteiger partial charge in [-0.05, 0) is 30.6 Å². The molecule has 0 bridgehead atoms. The average Bonchev–Trinajstić information content (AvgIpc) is 2.32. The maximum absolute atomic E-state index is 2.34. The van der Waals surface area contributed by atoms with Gasteiger partial charge in [0, 0.05) is 0 Å². The highest BCUT2D eigenvalue weighted by Gasteiger charge is 2.27. The summed E-state index contributed by atoms with van der Waals surface area (Å²) in [5.74, 6) is 3.34. The Labute approximate surface area is 103 Å². The van der Waals surface area contributed by atoms with Crippen LogP contribution in [0.5, 0.6) is 0 Å². The molecule has 96 valence electrons. The maximum Gasteiger partial charge on any atom is -0.0386 e. The number of hydrogen-bond acceptors (Lipinski definition) is 0. The Morgan fingerprint density at radius 3 is 1.88 bits per heavy atom. The lowest BCUT2D eigenvalue weighted by atomic mass is 9.70. The standard InChI is InChI=1S/C15H28.CH4/c1-2-6-13-9-11-15(12-10-13)14-7-4-3-5-8-14;/h13-15H,2-12H2,1H3;1H4. The van der Waals surface area contributed by atoms with E-state index in [4.69, 9.17) is 0 Å². The van der Waals surface area contributed by atoms with Gasteiger partial charge in [-0.2, -0.15) is 0 Å². The van der Waals surface area contributed by atoms with E-state index >= 15 is 0 Å². The molecule has 0 aromatic rings. The van der Waals surface area contributed by atoms with Crippen LogP contribution in [-0.2, 0) is 0 Å². The van der Waals surface area contributed by atoms with Crippen molar-refractivity contribution in [3.8, 4) is 0 Å². The summed E-state index contributed by atoms with van der Waals surface area (Å²) in [6.45, 7) is 2.34. The van der Waals surface area contributed by atoms with E-state index in [9.17, 15) is 0 Å². The molecule has 0 heterocycles. The van der Waals surface area contributed by atoms with E-state index in [0.29, 0.717) is 0 Å². The highest BCUT2D eigenvalue weighted by atomic mass is 14.3. The Kier molecular flexibility index (Phi) is 6.46. The van der Waals surface area contributed by atoms with Crippen LogP contribution in [0.15, 0.2) is 0 Å². The topological polar surface area (TPSA) is 0 Å². The first-order valence-corrected chi connectivity index (χ1v) is 7.40. The average molecular weight is 224 g/mol. The first kappa shape index (κ1) is 14.1. The van der Waals surface area contributed by atoms with Crippen molar-refractivity contribution in [2.75, 3.05) is 0 Å².